The molecule has 0 amide bonds. The summed E-state index contributed by atoms with van der Waals surface area (Å²) >= 11 is 6.43. The first-order chi connectivity index (χ1) is 12.3. The number of hydrogen-bond donors (Lipinski definition) is 0. The predicted molar refractivity (Wildman–Crippen MR) is 107 cm³/mol. The van der Waals surface area contributed by atoms with Crippen LogP contribution in [-0.2, 0) is 6.42 Å². The maximum Gasteiger partial charge on any atom is 0.0444 e. The van der Waals surface area contributed by atoms with Gasteiger partial charge in [0.2, 0.25) is 0 Å². The van der Waals surface area contributed by atoms with Gasteiger partial charge in [-0.25, -0.2) is 0 Å². The number of allylic oxidation sites excluding steroid dienone is 4. The van der Waals surface area contributed by atoms with E-state index in [2.05, 4.69) is 60.7 Å². The topological polar surface area (TPSA) is 0 Å². The molecule has 0 saturated carbocycles. The zero-order valence-corrected chi connectivity index (χ0v) is 14.8. The summed E-state index contributed by atoms with van der Waals surface area (Å²) in [6.45, 7) is 0. The molecule has 0 aliphatic heterocycles. The molecule has 3 aromatic carbocycles. The van der Waals surface area contributed by atoms with Gasteiger partial charge in [0, 0.05) is 10.9 Å². The van der Waals surface area contributed by atoms with Crippen LogP contribution in [0.2, 0.25) is 5.02 Å². The number of hydrogen-bond acceptors (Lipinski definition) is 0. The van der Waals surface area contributed by atoms with Crippen molar-refractivity contribution in [3.05, 3.63) is 100 Å². The molecule has 122 valence electrons. The third kappa shape index (κ3) is 2.44. The molecule has 0 heterocycles. The van der Waals surface area contributed by atoms with Crippen molar-refractivity contribution in [2.24, 2.45) is 0 Å². The summed E-state index contributed by atoms with van der Waals surface area (Å²) < 4.78 is 0. The van der Waals surface area contributed by atoms with E-state index in [-0.39, 0.29) is 0 Å². The summed E-state index contributed by atoms with van der Waals surface area (Å²) in [5, 5.41) is 3.63. The number of rotatable bonds is 1. The maximum atomic E-state index is 6.43. The van der Waals surface area contributed by atoms with Crippen molar-refractivity contribution in [1.29, 1.82) is 0 Å². The lowest BCUT2D eigenvalue weighted by Gasteiger charge is -2.29. The minimum absolute atomic E-state index is 0.398. The monoisotopic (exact) mass is 342 g/mol. The van der Waals surface area contributed by atoms with Gasteiger partial charge in [-0.2, -0.15) is 0 Å². The quantitative estimate of drug-likeness (QED) is 0.449. The molecule has 2 aliphatic rings. The van der Waals surface area contributed by atoms with Gasteiger partial charge in [0.25, 0.3) is 0 Å². The Morgan fingerprint density at radius 2 is 1.68 bits per heavy atom. The Labute approximate surface area is 153 Å². The van der Waals surface area contributed by atoms with Gasteiger partial charge >= 0.3 is 0 Å². The Balaban J connectivity index is 1.58. The molecule has 1 heteroatoms. The molecular formula is C24H19Cl. The molecule has 2 aliphatic carbocycles. The summed E-state index contributed by atoms with van der Waals surface area (Å²) in [7, 11) is 0. The van der Waals surface area contributed by atoms with E-state index in [1.807, 2.05) is 12.1 Å². The van der Waals surface area contributed by atoms with Crippen LogP contribution in [0.5, 0.6) is 0 Å². The van der Waals surface area contributed by atoms with Gasteiger partial charge in [-0.05, 0) is 58.4 Å². The van der Waals surface area contributed by atoms with E-state index < -0.39 is 0 Å². The smallest absolute Gasteiger partial charge is 0.0444 e. The Hall–Kier alpha value is -2.31. The van der Waals surface area contributed by atoms with Crippen molar-refractivity contribution in [2.75, 3.05) is 0 Å². The molecule has 0 saturated heterocycles. The minimum Gasteiger partial charge on any atom is -0.0840 e. The van der Waals surface area contributed by atoms with Gasteiger partial charge in [-0.3, -0.25) is 0 Å². The van der Waals surface area contributed by atoms with Gasteiger partial charge in [-0.15, -0.1) is 0 Å². The molecule has 1 atom stereocenters. The SMILES string of the molecule is Clc1ccccc1C1C=CC2=C(CCc3c2ccc2ccccc32)C1. The van der Waals surface area contributed by atoms with Gasteiger partial charge in [0.1, 0.15) is 0 Å². The van der Waals surface area contributed by atoms with Crippen LogP contribution in [0.4, 0.5) is 0 Å². The molecule has 5 rings (SSSR count). The number of fused-ring (bicyclic) bond motifs is 4. The Morgan fingerprint density at radius 1 is 0.840 bits per heavy atom. The lowest BCUT2D eigenvalue weighted by Crippen LogP contribution is -2.11. The molecule has 0 bridgehead atoms. The van der Waals surface area contributed by atoms with Crippen LogP contribution in [-0.4, -0.2) is 0 Å². The van der Waals surface area contributed by atoms with E-state index in [9.17, 15) is 0 Å². The predicted octanol–water partition coefficient (Wildman–Crippen LogP) is 6.94. The Kier molecular flexibility index (Phi) is 3.53. The van der Waals surface area contributed by atoms with Gasteiger partial charge < -0.3 is 0 Å². The van der Waals surface area contributed by atoms with E-state index in [0.717, 1.165) is 24.3 Å². The molecule has 0 N–H and O–H groups in total. The number of benzene rings is 3. The fourth-order valence-corrected chi connectivity index (χ4v) is 4.69. The average molecular weight is 343 g/mol. The summed E-state index contributed by atoms with van der Waals surface area (Å²) in [5.41, 5.74) is 7.20. The fraction of sp³-hybridized carbons (Fsp3) is 0.167. The van der Waals surface area contributed by atoms with Gasteiger partial charge in [-0.1, -0.05) is 83.9 Å². The highest BCUT2D eigenvalue weighted by atomic mass is 35.5. The second-order valence-corrected chi connectivity index (χ2v) is 7.43. The summed E-state index contributed by atoms with van der Waals surface area (Å²) in [6, 6.07) is 21.6. The molecule has 0 nitrogen and oxygen atoms in total. The minimum atomic E-state index is 0.398. The normalized spacial score (nSPS) is 19.0. The van der Waals surface area contributed by atoms with Crippen LogP contribution >= 0.6 is 11.6 Å². The summed E-state index contributed by atoms with van der Waals surface area (Å²) in [6.07, 6.45) is 8.05. The van der Waals surface area contributed by atoms with Crippen molar-refractivity contribution in [3.63, 3.8) is 0 Å². The van der Waals surface area contributed by atoms with E-state index in [0.29, 0.717) is 5.92 Å². The maximum absolute atomic E-state index is 6.43. The second-order valence-electron chi connectivity index (χ2n) is 7.02. The molecule has 1 unspecified atom stereocenters. The van der Waals surface area contributed by atoms with Crippen molar-refractivity contribution < 1.29 is 0 Å². The lowest BCUT2D eigenvalue weighted by atomic mass is 9.76. The van der Waals surface area contributed by atoms with E-state index >= 15 is 0 Å². The Bertz CT molecular complexity index is 1040. The first-order valence-electron chi connectivity index (χ1n) is 8.97. The van der Waals surface area contributed by atoms with E-state index in [1.54, 1.807) is 5.57 Å². The molecule has 0 aromatic heterocycles. The first kappa shape index (κ1) is 15.0. The second kappa shape index (κ2) is 5.89. The van der Waals surface area contributed by atoms with E-state index in [1.165, 1.54) is 33.0 Å². The fourth-order valence-electron chi connectivity index (χ4n) is 4.41. The number of halogens is 1. The molecular weight excluding hydrogens is 324 g/mol. The highest BCUT2D eigenvalue weighted by Crippen LogP contribution is 2.44. The van der Waals surface area contributed by atoms with Crippen molar-refractivity contribution in [1.82, 2.24) is 0 Å². The third-order valence-corrected chi connectivity index (χ3v) is 6.00. The van der Waals surface area contributed by atoms with Crippen LogP contribution < -0.4 is 0 Å². The Morgan fingerprint density at radius 3 is 2.60 bits per heavy atom. The molecule has 0 radical (unpaired) electrons. The van der Waals surface area contributed by atoms with E-state index in [4.69, 9.17) is 11.6 Å². The van der Waals surface area contributed by atoms with Crippen LogP contribution in [0.3, 0.4) is 0 Å². The summed E-state index contributed by atoms with van der Waals surface area (Å²) in [4.78, 5) is 0. The van der Waals surface area contributed by atoms with Crippen LogP contribution in [0.1, 0.15) is 35.4 Å². The van der Waals surface area contributed by atoms with Gasteiger partial charge in [0.15, 0.2) is 0 Å². The van der Waals surface area contributed by atoms with Crippen molar-refractivity contribution in [2.45, 2.75) is 25.2 Å². The van der Waals surface area contributed by atoms with Crippen LogP contribution in [0.15, 0.2) is 78.4 Å². The van der Waals surface area contributed by atoms with Crippen LogP contribution in [0, 0.1) is 0 Å². The molecule has 0 spiro atoms. The largest absolute Gasteiger partial charge is 0.0840 e. The molecule has 3 aromatic rings. The standard InChI is InChI=1S/C24H19Cl/c25-24-8-4-3-7-21(24)18-10-12-20-17(15-18)11-14-22-19-6-2-1-5-16(19)9-13-23(20)22/h1-10,12-13,18H,11,14-15H2. The molecule has 25 heavy (non-hydrogen) atoms. The lowest BCUT2D eigenvalue weighted by molar-refractivity contribution is 0.756. The first-order valence-corrected chi connectivity index (χ1v) is 9.35. The summed E-state index contributed by atoms with van der Waals surface area (Å²) in [5.74, 6) is 0.398. The zero-order chi connectivity index (χ0) is 16.8. The number of aryl methyl sites for hydroxylation is 1. The van der Waals surface area contributed by atoms with Gasteiger partial charge in [0.05, 0.1) is 0 Å². The van der Waals surface area contributed by atoms with Crippen molar-refractivity contribution >= 4 is 27.9 Å². The highest BCUT2D eigenvalue weighted by Gasteiger charge is 2.25. The van der Waals surface area contributed by atoms with Crippen LogP contribution in [0.25, 0.3) is 16.3 Å². The third-order valence-electron chi connectivity index (χ3n) is 5.65. The average Bonchev–Trinajstić information content (AvgIpc) is 2.67. The highest BCUT2D eigenvalue weighted by molar-refractivity contribution is 6.31. The zero-order valence-electron chi connectivity index (χ0n) is 14.0. The van der Waals surface area contributed by atoms with Crippen molar-refractivity contribution in [3.8, 4) is 0 Å². The molecule has 0 fully saturated rings.